The standard InChI is InChI=1S/C9H12BrNO2S/c10-8-5-4-13-2-1-7(5)14-9(8)6(11)3-12/h6,12H,1-4,11H2. The molecule has 1 unspecified atom stereocenters. The van der Waals surface area contributed by atoms with E-state index in [4.69, 9.17) is 15.6 Å². The number of nitrogens with two attached hydrogens (primary N) is 1. The van der Waals surface area contributed by atoms with Gasteiger partial charge in [0.15, 0.2) is 0 Å². The van der Waals surface area contributed by atoms with Gasteiger partial charge in [0.2, 0.25) is 0 Å². The van der Waals surface area contributed by atoms with Gasteiger partial charge in [0.1, 0.15) is 0 Å². The number of halogens is 1. The molecule has 0 radical (unpaired) electrons. The first-order chi connectivity index (χ1) is 6.74. The zero-order valence-corrected chi connectivity index (χ0v) is 10.0. The SMILES string of the molecule is NC(CO)c1sc2c(c1Br)COCC2. The first-order valence-corrected chi connectivity index (χ1v) is 6.09. The average Bonchev–Trinajstić information content (AvgIpc) is 2.56. The molecule has 3 nitrogen and oxygen atoms in total. The molecule has 0 saturated heterocycles. The van der Waals surface area contributed by atoms with Crippen molar-refractivity contribution in [3.63, 3.8) is 0 Å². The third-order valence-electron chi connectivity index (χ3n) is 2.30. The Bertz CT molecular complexity index is 340. The summed E-state index contributed by atoms with van der Waals surface area (Å²) in [7, 11) is 0. The minimum Gasteiger partial charge on any atom is -0.394 e. The molecule has 1 aliphatic heterocycles. The molecule has 2 heterocycles. The first-order valence-electron chi connectivity index (χ1n) is 4.48. The quantitative estimate of drug-likeness (QED) is 0.863. The van der Waals surface area contributed by atoms with Gasteiger partial charge in [-0.05, 0) is 15.9 Å². The molecule has 14 heavy (non-hydrogen) atoms. The predicted molar refractivity (Wildman–Crippen MR) is 59.4 cm³/mol. The maximum absolute atomic E-state index is 9.00. The molecule has 2 rings (SSSR count). The van der Waals surface area contributed by atoms with Crippen LogP contribution in [-0.2, 0) is 17.8 Å². The highest BCUT2D eigenvalue weighted by Gasteiger charge is 2.22. The summed E-state index contributed by atoms with van der Waals surface area (Å²) in [5.41, 5.74) is 7.01. The first kappa shape index (κ1) is 10.6. The summed E-state index contributed by atoms with van der Waals surface area (Å²) >= 11 is 5.20. The number of ether oxygens (including phenoxy) is 1. The topological polar surface area (TPSA) is 55.5 Å². The molecule has 0 bridgehead atoms. The number of thiophene rings is 1. The van der Waals surface area contributed by atoms with Crippen molar-refractivity contribution in [2.75, 3.05) is 13.2 Å². The van der Waals surface area contributed by atoms with Crippen molar-refractivity contribution in [3.05, 3.63) is 19.8 Å². The summed E-state index contributed by atoms with van der Waals surface area (Å²) < 4.78 is 6.40. The van der Waals surface area contributed by atoms with Crippen LogP contribution in [0.5, 0.6) is 0 Å². The maximum Gasteiger partial charge on any atom is 0.0739 e. The molecular formula is C9H12BrNO2S. The minimum atomic E-state index is -0.278. The zero-order chi connectivity index (χ0) is 10.1. The molecule has 0 spiro atoms. The highest BCUT2D eigenvalue weighted by atomic mass is 79.9. The fraction of sp³-hybridized carbons (Fsp3) is 0.556. The van der Waals surface area contributed by atoms with Gasteiger partial charge in [-0.3, -0.25) is 0 Å². The largest absolute Gasteiger partial charge is 0.394 e. The second-order valence-electron chi connectivity index (χ2n) is 3.27. The maximum atomic E-state index is 9.00. The fourth-order valence-electron chi connectivity index (χ4n) is 1.52. The van der Waals surface area contributed by atoms with E-state index >= 15 is 0 Å². The van der Waals surface area contributed by atoms with Gasteiger partial charge in [0.25, 0.3) is 0 Å². The molecule has 0 amide bonds. The van der Waals surface area contributed by atoms with E-state index in [9.17, 15) is 0 Å². The zero-order valence-electron chi connectivity index (χ0n) is 7.62. The summed E-state index contributed by atoms with van der Waals surface area (Å²) in [5, 5.41) is 9.00. The molecule has 0 aliphatic carbocycles. The average molecular weight is 278 g/mol. The summed E-state index contributed by atoms with van der Waals surface area (Å²) in [6, 6.07) is -0.278. The van der Waals surface area contributed by atoms with Crippen LogP contribution in [0.15, 0.2) is 4.47 Å². The third kappa shape index (κ3) is 1.75. The van der Waals surface area contributed by atoms with Crippen LogP contribution in [0.25, 0.3) is 0 Å². The Morgan fingerprint density at radius 2 is 2.43 bits per heavy atom. The lowest BCUT2D eigenvalue weighted by Gasteiger charge is -2.11. The van der Waals surface area contributed by atoms with E-state index in [1.807, 2.05) is 0 Å². The van der Waals surface area contributed by atoms with Crippen LogP contribution < -0.4 is 5.73 Å². The number of rotatable bonds is 2. The van der Waals surface area contributed by atoms with E-state index in [0.29, 0.717) is 6.61 Å². The lowest BCUT2D eigenvalue weighted by atomic mass is 10.1. The smallest absolute Gasteiger partial charge is 0.0739 e. The molecule has 0 fully saturated rings. The Hall–Kier alpha value is 0.0600. The highest BCUT2D eigenvalue weighted by molar-refractivity contribution is 9.10. The Morgan fingerprint density at radius 1 is 1.64 bits per heavy atom. The summed E-state index contributed by atoms with van der Waals surface area (Å²) in [6.45, 7) is 1.43. The number of fused-ring (bicyclic) bond motifs is 1. The molecule has 0 saturated carbocycles. The van der Waals surface area contributed by atoms with Crippen molar-refractivity contribution in [1.29, 1.82) is 0 Å². The van der Waals surface area contributed by atoms with Gasteiger partial charge in [0.05, 0.1) is 25.9 Å². The van der Waals surface area contributed by atoms with Gasteiger partial charge in [-0.2, -0.15) is 0 Å². The molecule has 3 N–H and O–H groups in total. The lowest BCUT2D eigenvalue weighted by Crippen LogP contribution is -2.13. The highest BCUT2D eigenvalue weighted by Crippen LogP contribution is 2.38. The Morgan fingerprint density at radius 3 is 3.07 bits per heavy atom. The van der Waals surface area contributed by atoms with E-state index in [0.717, 1.165) is 22.4 Å². The molecule has 0 aromatic carbocycles. The lowest BCUT2D eigenvalue weighted by molar-refractivity contribution is 0.111. The molecule has 1 aliphatic rings. The van der Waals surface area contributed by atoms with Crippen LogP contribution in [0, 0.1) is 0 Å². The third-order valence-corrected chi connectivity index (χ3v) is 4.90. The van der Waals surface area contributed by atoms with Crippen LogP contribution in [0.4, 0.5) is 0 Å². The monoisotopic (exact) mass is 277 g/mol. The van der Waals surface area contributed by atoms with Crippen LogP contribution in [0.1, 0.15) is 21.4 Å². The summed E-state index contributed by atoms with van der Waals surface area (Å²) in [4.78, 5) is 2.37. The molecule has 1 atom stereocenters. The van der Waals surface area contributed by atoms with Crippen molar-refractivity contribution in [3.8, 4) is 0 Å². The van der Waals surface area contributed by atoms with Gasteiger partial charge < -0.3 is 15.6 Å². The number of aliphatic hydroxyl groups excluding tert-OH is 1. The summed E-state index contributed by atoms with van der Waals surface area (Å²) in [5.74, 6) is 0. The summed E-state index contributed by atoms with van der Waals surface area (Å²) in [6.07, 6.45) is 0.955. The Kier molecular flexibility index (Phi) is 3.23. The molecule has 5 heteroatoms. The molecular weight excluding hydrogens is 266 g/mol. The van der Waals surface area contributed by atoms with Crippen molar-refractivity contribution in [1.82, 2.24) is 0 Å². The second kappa shape index (κ2) is 4.28. The number of hydrogen-bond acceptors (Lipinski definition) is 4. The predicted octanol–water partition coefficient (Wildman–Crippen LogP) is 1.58. The van der Waals surface area contributed by atoms with Crippen LogP contribution in [0.2, 0.25) is 0 Å². The number of hydrogen-bond donors (Lipinski definition) is 2. The Balaban J connectivity index is 2.38. The molecule has 78 valence electrons. The minimum absolute atomic E-state index is 0.0150. The van der Waals surface area contributed by atoms with E-state index < -0.39 is 0 Å². The van der Waals surface area contributed by atoms with Crippen LogP contribution >= 0.6 is 27.3 Å². The Labute approximate surface area is 95.0 Å². The van der Waals surface area contributed by atoms with E-state index in [1.165, 1.54) is 10.4 Å². The van der Waals surface area contributed by atoms with Crippen LogP contribution in [-0.4, -0.2) is 18.3 Å². The van der Waals surface area contributed by atoms with E-state index in [2.05, 4.69) is 15.9 Å². The van der Waals surface area contributed by atoms with Crippen LogP contribution in [0.3, 0.4) is 0 Å². The second-order valence-corrected chi connectivity index (χ2v) is 5.20. The fourth-order valence-corrected chi connectivity index (χ4v) is 3.71. The van der Waals surface area contributed by atoms with Crippen molar-refractivity contribution in [2.24, 2.45) is 5.73 Å². The normalized spacial score (nSPS) is 17.9. The number of aliphatic hydroxyl groups is 1. The van der Waals surface area contributed by atoms with Gasteiger partial charge in [-0.25, -0.2) is 0 Å². The van der Waals surface area contributed by atoms with Crippen molar-refractivity contribution < 1.29 is 9.84 Å². The molecule has 1 aromatic heterocycles. The van der Waals surface area contributed by atoms with E-state index in [1.54, 1.807) is 11.3 Å². The van der Waals surface area contributed by atoms with E-state index in [-0.39, 0.29) is 12.6 Å². The van der Waals surface area contributed by atoms with Crippen molar-refractivity contribution in [2.45, 2.75) is 19.1 Å². The van der Waals surface area contributed by atoms with Crippen molar-refractivity contribution >= 4 is 27.3 Å². The van der Waals surface area contributed by atoms with Gasteiger partial charge in [0, 0.05) is 26.2 Å². The molecule has 1 aromatic rings. The van der Waals surface area contributed by atoms with Gasteiger partial charge >= 0.3 is 0 Å². The van der Waals surface area contributed by atoms with Gasteiger partial charge in [-0.15, -0.1) is 11.3 Å². The van der Waals surface area contributed by atoms with Gasteiger partial charge in [-0.1, -0.05) is 0 Å².